The van der Waals surface area contributed by atoms with Crippen LogP contribution in [0.3, 0.4) is 0 Å². The van der Waals surface area contributed by atoms with Crippen molar-refractivity contribution in [1.29, 1.82) is 0 Å². The summed E-state index contributed by atoms with van der Waals surface area (Å²) in [6.07, 6.45) is 0.997. The summed E-state index contributed by atoms with van der Waals surface area (Å²) in [5, 5.41) is 18.2. The van der Waals surface area contributed by atoms with Crippen molar-refractivity contribution >= 4 is 17.8 Å². The van der Waals surface area contributed by atoms with Crippen molar-refractivity contribution in [1.82, 2.24) is 4.98 Å². The third-order valence-electron chi connectivity index (χ3n) is 3.91. The van der Waals surface area contributed by atoms with Crippen molar-refractivity contribution in [3.8, 4) is 5.75 Å². The van der Waals surface area contributed by atoms with Crippen LogP contribution >= 0.6 is 11.6 Å². The number of hydrogen-bond acceptors (Lipinski definition) is 8. The first-order valence-electron chi connectivity index (χ1n) is 8.72. The van der Waals surface area contributed by atoms with E-state index in [-0.39, 0.29) is 19.3 Å². The highest BCUT2D eigenvalue weighted by Crippen LogP contribution is 2.41. The molecule has 0 spiro atoms. The van der Waals surface area contributed by atoms with Crippen molar-refractivity contribution in [2.24, 2.45) is 0 Å². The largest absolute Gasteiger partial charge is 0.513 e. The van der Waals surface area contributed by atoms with Crippen LogP contribution in [0.15, 0.2) is 30.5 Å². The predicted octanol–water partition coefficient (Wildman–Crippen LogP) is 3.45. The normalized spacial score (nSPS) is 14.4. The average Bonchev–Trinajstić information content (AvgIpc) is 3.09. The van der Waals surface area contributed by atoms with Gasteiger partial charge in [0.2, 0.25) is 0 Å². The zero-order valence-electron chi connectivity index (χ0n) is 16.0. The lowest BCUT2D eigenvalue weighted by atomic mass is 10.0. The van der Waals surface area contributed by atoms with Crippen LogP contribution in [0.2, 0.25) is 5.02 Å². The number of aliphatic hydroxyl groups excluding tert-OH is 1. The van der Waals surface area contributed by atoms with E-state index in [0.29, 0.717) is 29.5 Å². The van der Waals surface area contributed by atoms with Crippen LogP contribution in [-0.2, 0) is 16.1 Å². The number of nitrogens with zero attached hydrogens (tertiary/aromatic N) is 2. The predicted molar refractivity (Wildman–Crippen MR) is 104 cm³/mol. The Hall–Kier alpha value is -2.75. The van der Waals surface area contributed by atoms with E-state index < -0.39 is 11.1 Å². The van der Waals surface area contributed by atoms with E-state index in [2.05, 4.69) is 4.98 Å². The Morgan fingerprint density at radius 3 is 2.69 bits per heavy atom. The molecule has 3 rings (SSSR count). The number of aromatic nitrogens is 1. The Morgan fingerprint density at radius 1 is 1.41 bits per heavy atom. The molecule has 1 unspecified atom stereocenters. The summed E-state index contributed by atoms with van der Waals surface area (Å²) in [7, 11) is 0.889. The van der Waals surface area contributed by atoms with Gasteiger partial charge in [0.1, 0.15) is 6.10 Å². The standard InChI is InChI=1S/C18H18ClNO5.CH3NO2/c1-11-16(25-18(22)23-8-2-7-21)15-10-24-17(14(15)9-20-11)12-3-5-13(19)6-4-12;1-2(3)4/h3-6,9,17,21H,2,7-8,10H2,1H3;1H3. The molecular weight excluding hydrogens is 404 g/mol. The fourth-order valence-electron chi connectivity index (χ4n) is 2.67. The summed E-state index contributed by atoms with van der Waals surface area (Å²) >= 11 is 5.93. The second-order valence-electron chi connectivity index (χ2n) is 6.07. The first kappa shape index (κ1) is 22.5. The first-order valence-corrected chi connectivity index (χ1v) is 9.10. The molecule has 0 radical (unpaired) electrons. The number of pyridine rings is 1. The van der Waals surface area contributed by atoms with Gasteiger partial charge in [0.05, 0.1) is 18.9 Å². The minimum Gasteiger partial charge on any atom is -0.434 e. The van der Waals surface area contributed by atoms with Crippen molar-refractivity contribution in [2.75, 3.05) is 20.3 Å². The summed E-state index contributed by atoms with van der Waals surface area (Å²) in [5.74, 6) is 0.364. The molecule has 1 N–H and O–H groups in total. The molecule has 29 heavy (non-hydrogen) atoms. The van der Waals surface area contributed by atoms with Crippen LogP contribution in [0.5, 0.6) is 5.75 Å². The molecule has 1 aromatic carbocycles. The molecule has 2 aromatic rings. The minimum absolute atomic E-state index is 0.0504. The summed E-state index contributed by atoms with van der Waals surface area (Å²) in [5.41, 5.74) is 3.17. The number of aliphatic hydroxyl groups is 1. The monoisotopic (exact) mass is 424 g/mol. The number of hydrogen-bond donors (Lipinski definition) is 1. The smallest absolute Gasteiger partial charge is 0.434 e. The van der Waals surface area contributed by atoms with Gasteiger partial charge in [-0.2, -0.15) is 0 Å². The molecule has 0 amide bonds. The van der Waals surface area contributed by atoms with E-state index in [1.165, 1.54) is 0 Å². The van der Waals surface area contributed by atoms with Gasteiger partial charge in [-0.3, -0.25) is 15.1 Å². The lowest BCUT2D eigenvalue weighted by molar-refractivity contribution is -0.445. The Kier molecular flexibility index (Phi) is 8.32. The molecule has 0 bridgehead atoms. The molecule has 9 nitrogen and oxygen atoms in total. The second-order valence-corrected chi connectivity index (χ2v) is 6.50. The number of benzene rings is 1. The quantitative estimate of drug-likeness (QED) is 0.335. The van der Waals surface area contributed by atoms with Crippen molar-refractivity contribution < 1.29 is 29.0 Å². The zero-order chi connectivity index (χ0) is 21.4. The van der Waals surface area contributed by atoms with Gasteiger partial charge in [0, 0.05) is 40.3 Å². The molecule has 2 heterocycles. The Balaban J connectivity index is 0.000000687. The summed E-state index contributed by atoms with van der Waals surface area (Å²) in [6.45, 7) is 2.11. The summed E-state index contributed by atoms with van der Waals surface area (Å²) in [6, 6.07) is 7.39. The van der Waals surface area contributed by atoms with E-state index in [1.807, 2.05) is 12.1 Å². The summed E-state index contributed by atoms with van der Waals surface area (Å²) in [4.78, 5) is 24.4. The number of carbonyl (C=O) groups is 1. The highest BCUT2D eigenvalue weighted by atomic mass is 35.5. The van der Waals surface area contributed by atoms with Gasteiger partial charge in [0.15, 0.2) is 12.8 Å². The molecule has 1 aromatic heterocycles. The maximum absolute atomic E-state index is 11.8. The Morgan fingerprint density at radius 2 is 2.07 bits per heavy atom. The minimum atomic E-state index is -0.818. The van der Waals surface area contributed by atoms with Crippen molar-refractivity contribution in [2.45, 2.75) is 26.1 Å². The van der Waals surface area contributed by atoms with Crippen LogP contribution in [0.4, 0.5) is 4.79 Å². The molecule has 156 valence electrons. The van der Waals surface area contributed by atoms with Gasteiger partial charge in [-0.05, 0) is 24.6 Å². The van der Waals surface area contributed by atoms with Crippen LogP contribution in [0.25, 0.3) is 0 Å². The van der Waals surface area contributed by atoms with E-state index >= 15 is 0 Å². The lowest BCUT2D eigenvalue weighted by Gasteiger charge is -2.13. The van der Waals surface area contributed by atoms with Gasteiger partial charge in [-0.25, -0.2) is 4.79 Å². The number of halogens is 1. The van der Waals surface area contributed by atoms with Gasteiger partial charge >= 0.3 is 6.16 Å². The molecule has 1 aliphatic rings. The molecule has 0 saturated heterocycles. The third-order valence-corrected chi connectivity index (χ3v) is 4.16. The first-order chi connectivity index (χ1) is 13.8. The number of nitro groups is 1. The van der Waals surface area contributed by atoms with Crippen molar-refractivity contribution in [3.05, 3.63) is 68.0 Å². The molecule has 0 aliphatic carbocycles. The number of carbonyl (C=O) groups excluding carboxylic acids is 1. The van der Waals surface area contributed by atoms with Crippen LogP contribution < -0.4 is 4.74 Å². The second kappa shape index (κ2) is 10.7. The fraction of sp³-hybridized carbons (Fsp3) is 0.368. The van der Waals surface area contributed by atoms with E-state index in [1.54, 1.807) is 25.3 Å². The number of ether oxygens (including phenoxy) is 3. The van der Waals surface area contributed by atoms with E-state index in [9.17, 15) is 4.79 Å². The molecule has 0 saturated carbocycles. The molecule has 0 fully saturated rings. The zero-order valence-corrected chi connectivity index (χ0v) is 16.7. The maximum atomic E-state index is 11.8. The Bertz CT molecular complexity index is 854. The SMILES string of the molecule is C[N+](=O)[O-].Cc1ncc2c(c1OC(=O)OCCCO)COC2c1ccc(Cl)cc1. The fourth-order valence-corrected chi connectivity index (χ4v) is 2.79. The van der Waals surface area contributed by atoms with Gasteiger partial charge < -0.3 is 19.3 Å². The molecule has 1 aliphatic heterocycles. The highest BCUT2D eigenvalue weighted by Gasteiger charge is 2.30. The van der Waals surface area contributed by atoms with Crippen LogP contribution in [0, 0.1) is 17.0 Å². The Labute approximate surface area is 172 Å². The van der Waals surface area contributed by atoms with E-state index in [4.69, 9.17) is 41.0 Å². The lowest BCUT2D eigenvalue weighted by Crippen LogP contribution is -2.14. The maximum Gasteiger partial charge on any atom is 0.513 e. The molecule has 1 atom stereocenters. The van der Waals surface area contributed by atoms with Crippen LogP contribution in [0.1, 0.15) is 34.9 Å². The third kappa shape index (κ3) is 6.38. The number of fused-ring (bicyclic) bond motifs is 1. The van der Waals surface area contributed by atoms with Crippen LogP contribution in [-0.4, -0.2) is 41.4 Å². The molecular formula is C19H21ClN2O7. The topological polar surface area (TPSA) is 121 Å². The summed E-state index contributed by atoms with van der Waals surface area (Å²) < 4.78 is 16.1. The highest BCUT2D eigenvalue weighted by molar-refractivity contribution is 6.30. The van der Waals surface area contributed by atoms with Gasteiger partial charge in [0.25, 0.3) is 0 Å². The van der Waals surface area contributed by atoms with E-state index in [0.717, 1.165) is 23.7 Å². The van der Waals surface area contributed by atoms with Crippen molar-refractivity contribution in [3.63, 3.8) is 0 Å². The van der Waals surface area contributed by atoms with Gasteiger partial charge in [-0.15, -0.1) is 0 Å². The molecule has 10 heteroatoms. The number of rotatable bonds is 5. The average molecular weight is 425 g/mol. The number of aryl methyl sites for hydroxylation is 1. The van der Waals surface area contributed by atoms with Gasteiger partial charge in [-0.1, -0.05) is 23.7 Å².